The molecule has 0 unspecified atom stereocenters. The number of likely N-dealkylation sites (N-methyl/N-ethyl adjacent to an activating group) is 2. The summed E-state index contributed by atoms with van der Waals surface area (Å²) in [6.45, 7) is 12.2. The van der Waals surface area contributed by atoms with E-state index in [1.165, 1.54) is 0 Å². The molecule has 0 atom stereocenters. The highest BCUT2D eigenvalue weighted by Gasteiger charge is 2.20. The second-order valence-corrected chi connectivity index (χ2v) is 9.22. The average molecular weight is 501 g/mol. The zero-order chi connectivity index (χ0) is 26.7. The van der Waals surface area contributed by atoms with Gasteiger partial charge in [-0.2, -0.15) is 0 Å². The van der Waals surface area contributed by atoms with Gasteiger partial charge >= 0.3 is 5.97 Å². The molecule has 0 spiro atoms. The number of amides is 1. The van der Waals surface area contributed by atoms with Crippen molar-refractivity contribution in [2.75, 3.05) is 40.3 Å². The van der Waals surface area contributed by atoms with Crippen LogP contribution in [0.3, 0.4) is 0 Å². The van der Waals surface area contributed by atoms with Crippen molar-refractivity contribution in [3.05, 3.63) is 47.8 Å². The van der Waals surface area contributed by atoms with E-state index in [1.54, 1.807) is 36.5 Å². The molecule has 198 valence electrons. The molecule has 1 aromatic carbocycles. The maximum absolute atomic E-state index is 13.0. The van der Waals surface area contributed by atoms with Gasteiger partial charge in [-0.25, -0.2) is 4.79 Å². The fraction of sp³-hybridized carbons (Fsp3) is 0.519. The van der Waals surface area contributed by atoms with Crippen LogP contribution in [0.25, 0.3) is 0 Å². The van der Waals surface area contributed by atoms with E-state index < -0.39 is 5.97 Å². The number of hydrogen-bond donors (Lipinski definition) is 1. The lowest BCUT2D eigenvalue weighted by atomic mass is 10.2. The summed E-state index contributed by atoms with van der Waals surface area (Å²) in [4.78, 5) is 33.7. The Labute approximate surface area is 214 Å². The Kier molecular flexibility index (Phi) is 11.6. The van der Waals surface area contributed by atoms with E-state index in [-0.39, 0.29) is 30.4 Å². The molecule has 1 N–H and O–H groups in total. The van der Waals surface area contributed by atoms with Gasteiger partial charge in [-0.3, -0.25) is 9.78 Å². The minimum absolute atomic E-state index is 0.0226. The molecule has 0 radical (unpaired) electrons. The first-order valence-electron chi connectivity index (χ1n) is 12.4. The molecule has 1 amide bonds. The quantitative estimate of drug-likeness (QED) is 0.312. The Morgan fingerprint density at radius 3 is 2.19 bits per heavy atom. The molecule has 2 aromatic rings. The lowest BCUT2D eigenvalue weighted by Crippen LogP contribution is -2.41. The molecule has 0 saturated heterocycles. The van der Waals surface area contributed by atoms with Crippen molar-refractivity contribution in [3.8, 4) is 17.2 Å². The molecule has 0 fully saturated rings. The number of carbonyl (C=O) groups is 2. The van der Waals surface area contributed by atoms with Gasteiger partial charge in [0.1, 0.15) is 0 Å². The zero-order valence-corrected chi connectivity index (χ0v) is 22.5. The summed E-state index contributed by atoms with van der Waals surface area (Å²) in [7, 11) is 3.96. The number of benzene rings is 1. The van der Waals surface area contributed by atoms with Crippen LogP contribution in [0, 0.1) is 0 Å². The molecular formula is C27H40N4O5. The van der Waals surface area contributed by atoms with Crippen molar-refractivity contribution in [3.63, 3.8) is 0 Å². The summed E-state index contributed by atoms with van der Waals surface area (Å²) in [5.41, 5.74) is 0.961. The normalized spacial score (nSPS) is 11.2. The Bertz CT molecular complexity index is 966. The molecule has 0 aliphatic carbocycles. The average Bonchev–Trinajstić information content (AvgIpc) is 2.80. The number of aromatic nitrogens is 1. The number of para-hydroxylation sites is 1. The van der Waals surface area contributed by atoms with E-state index in [0.29, 0.717) is 42.4 Å². The Balaban J connectivity index is 2.07. The summed E-state index contributed by atoms with van der Waals surface area (Å²) in [5.74, 6) is 0.573. The third-order valence-corrected chi connectivity index (χ3v) is 5.05. The standard InChI is InChI=1S/C27H40N4O5/c1-8-31(15-14-30(6)7)25(32)18-28-17-22-16-21(12-13-29-22)27(33)36-26-23(34-19(2)3)10-9-11-24(26)35-20(4)5/h9-13,16,19-20,28H,8,14-15,17-18H2,1-7H3. The molecule has 0 saturated carbocycles. The maximum Gasteiger partial charge on any atom is 0.343 e. The van der Waals surface area contributed by atoms with E-state index in [9.17, 15) is 9.59 Å². The van der Waals surface area contributed by atoms with Crippen molar-refractivity contribution in [1.29, 1.82) is 0 Å². The van der Waals surface area contributed by atoms with Crippen LogP contribution >= 0.6 is 0 Å². The summed E-state index contributed by atoms with van der Waals surface area (Å²) < 4.78 is 17.4. The van der Waals surface area contributed by atoms with Gasteiger partial charge in [0.25, 0.3) is 0 Å². The molecule has 2 rings (SSSR count). The molecule has 0 aliphatic heterocycles. The topological polar surface area (TPSA) is 93.2 Å². The second-order valence-electron chi connectivity index (χ2n) is 9.22. The molecule has 9 heteroatoms. The Morgan fingerprint density at radius 1 is 1.00 bits per heavy atom. The van der Waals surface area contributed by atoms with Crippen molar-refractivity contribution >= 4 is 11.9 Å². The van der Waals surface area contributed by atoms with Crippen LogP contribution in [-0.2, 0) is 11.3 Å². The largest absolute Gasteiger partial charge is 0.487 e. The molecule has 0 bridgehead atoms. The first kappa shape index (κ1) is 29.1. The van der Waals surface area contributed by atoms with Crippen molar-refractivity contribution in [2.45, 2.75) is 53.4 Å². The van der Waals surface area contributed by atoms with Crippen molar-refractivity contribution in [2.24, 2.45) is 0 Å². The van der Waals surface area contributed by atoms with Gasteiger partial charge in [0.2, 0.25) is 11.7 Å². The number of pyridine rings is 1. The SMILES string of the molecule is CCN(CCN(C)C)C(=O)CNCc1cc(C(=O)Oc2c(OC(C)C)cccc2OC(C)C)ccn1. The van der Waals surface area contributed by atoms with E-state index in [2.05, 4.69) is 10.3 Å². The van der Waals surface area contributed by atoms with Gasteiger partial charge in [0.05, 0.1) is 30.0 Å². The lowest BCUT2D eigenvalue weighted by molar-refractivity contribution is -0.130. The summed E-state index contributed by atoms with van der Waals surface area (Å²) in [5, 5.41) is 3.12. The van der Waals surface area contributed by atoms with Crippen LogP contribution in [0.5, 0.6) is 17.2 Å². The van der Waals surface area contributed by atoms with Crippen LogP contribution in [0.15, 0.2) is 36.5 Å². The third-order valence-electron chi connectivity index (χ3n) is 5.05. The van der Waals surface area contributed by atoms with Crippen LogP contribution in [-0.4, -0.2) is 79.1 Å². The van der Waals surface area contributed by atoms with Gasteiger partial charge in [-0.15, -0.1) is 0 Å². The summed E-state index contributed by atoms with van der Waals surface area (Å²) >= 11 is 0. The van der Waals surface area contributed by atoms with Crippen LogP contribution < -0.4 is 19.5 Å². The first-order chi connectivity index (χ1) is 17.1. The zero-order valence-electron chi connectivity index (χ0n) is 22.5. The molecule has 1 heterocycles. The summed E-state index contributed by atoms with van der Waals surface area (Å²) in [6, 6.07) is 8.52. The van der Waals surface area contributed by atoms with E-state index >= 15 is 0 Å². The highest BCUT2D eigenvalue weighted by Crippen LogP contribution is 2.39. The van der Waals surface area contributed by atoms with Crippen molar-refractivity contribution < 1.29 is 23.8 Å². The van der Waals surface area contributed by atoms with Crippen LogP contribution in [0.4, 0.5) is 0 Å². The fourth-order valence-corrected chi connectivity index (χ4v) is 3.33. The van der Waals surface area contributed by atoms with Gasteiger partial charge < -0.3 is 29.3 Å². The highest BCUT2D eigenvalue weighted by molar-refractivity contribution is 5.91. The maximum atomic E-state index is 13.0. The first-order valence-corrected chi connectivity index (χ1v) is 12.4. The smallest absolute Gasteiger partial charge is 0.343 e. The number of hydrogen-bond acceptors (Lipinski definition) is 8. The molecule has 9 nitrogen and oxygen atoms in total. The van der Waals surface area contributed by atoms with Gasteiger partial charge in [-0.05, 0) is 73.0 Å². The van der Waals surface area contributed by atoms with Gasteiger partial charge in [-0.1, -0.05) is 6.07 Å². The number of carbonyl (C=O) groups excluding carboxylic acids is 2. The Hall–Kier alpha value is -3.17. The number of nitrogens with one attached hydrogen (secondary N) is 1. The number of nitrogens with zero attached hydrogens (tertiary/aromatic N) is 3. The van der Waals surface area contributed by atoms with Gasteiger partial charge in [0, 0.05) is 32.4 Å². The van der Waals surface area contributed by atoms with E-state index in [0.717, 1.165) is 6.54 Å². The minimum atomic E-state index is -0.552. The van der Waals surface area contributed by atoms with E-state index in [1.807, 2.05) is 58.5 Å². The van der Waals surface area contributed by atoms with E-state index in [4.69, 9.17) is 14.2 Å². The Morgan fingerprint density at radius 2 is 1.64 bits per heavy atom. The predicted octanol–water partition coefficient (Wildman–Crippen LogP) is 3.37. The van der Waals surface area contributed by atoms with Crippen molar-refractivity contribution in [1.82, 2.24) is 20.1 Å². The molecular weight excluding hydrogens is 460 g/mol. The number of esters is 1. The highest BCUT2D eigenvalue weighted by atomic mass is 16.6. The van der Waals surface area contributed by atoms with Crippen LogP contribution in [0.1, 0.15) is 50.7 Å². The van der Waals surface area contributed by atoms with Crippen LogP contribution in [0.2, 0.25) is 0 Å². The molecule has 0 aliphatic rings. The summed E-state index contributed by atoms with van der Waals surface area (Å²) in [6.07, 6.45) is 1.33. The predicted molar refractivity (Wildman–Crippen MR) is 140 cm³/mol. The fourth-order valence-electron chi connectivity index (χ4n) is 3.33. The molecule has 1 aromatic heterocycles. The number of ether oxygens (including phenoxy) is 3. The van der Waals surface area contributed by atoms with Gasteiger partial charge in [0.15, 0.2) is 11.5 Å². The minimum Gasteiger partial charge on any atom is -0.487 e. The third kappa shape index (κ3) is 9.47. The second kappa shape index (κ2) is 14.4. The number of rotatable bonds is 14. The lowest BCUT2D eigenvalue weighted by Gasteiger charge is -2.23. The monoisotopic (exact) mass is 500 g/mol. The molecule has 36 heavy (non-hydrogen) atoms.